The van der Waals surface area contributed by atoms with Crippen molar-refractivity contribution < 1.29 is 4.79 Å². The van der Waals surface area contributed by atoms with E-state index in [0.717, 1.165) is 50.3 Å². The summed E-state index contributed by atoms with van der Waals surface area (Å²) in [6.45, 7) is 4.10. The van der Waals surface area contributed by atoms with Crippen LogP contribution in [0.1, 0.15) is 50.3 Å². The van der Waals surface area contributed by atoms with E-state index in [2.05, 4.69) is 91.8 Å². The minimum absolute atomic E-state index is 0.0605. The van der Waals surface area contributed by atoms with Gasteiger partial charge in [-0.1, -0.05) is 86.1 Å². The van der Waals surface area contributed by atoms with Crippen molar-refractivity contribution >= 4 is 66.5 Å². The quantitative estimate of drug-likeness (QED) is 0.286. The Bertz CT molecular complexity index is 1410. The molecule has 4 nitrogen and oxygen atoms in total. The van der Waals surface area contributed by atoms with Crippen LogP contribution in [-0.4, -0.2) is 22.9 Å². The maximum Gasteiger partial charge on any atom is 0.237 e. The van der Waals surface area contributed by atoms with Crippen LogP contribution in [0.5, 0.6) is 0 Å². The molecular formula is C32H31Br2N3OS. The van der Waals surface area contributed by atoms with Gasteiger partial charge in [-0.15, -0.1) is 0 Å². The van der Waals surface area contributed by atoms with E-state index in [1.165, 1.54) is 28.5 Å². The molecule has 0 saturated carbocycles. The van der Waals surface area contributed by atoms with Crippen LogP contribution in [0, 0.1) is 0 Å². The molecule has 1 unspecified atom stereocenters. The molecule has 200 valence electrons. The Kier molecular flexibility index (Phi) is 9.10. The third kappa shape index (κ3) is 6.76. The fourth-order valence-electron chi connectivity index (χ4n) is 5.11. The first-order chi connectivity index (χ1) is 18.9. The highest BCUT2D eigenvalue weighted by molar-refractivity contribution is 9.10. The van der Waals surface area contributed by atoms with Gasteiger partial charge in [-0.25, -0.2) is 4.99 Å². The molecular weight excluding hydrogens is 634 g/mol. The molecule has 7 heteroatoms. The molecule has 39 heavy (non-hydrogen) atoms. The number of carbonyl (C=O) groups is 1. The van der Waals surface area contributed by atoms with Crippen LogP contribution < -0.4 is 10.2 Å². The average Bonchev–Trinajstić information content (AvgIpc) is 2.94. The molecule has 0 spiro atoms. The van der Waals surface area contributed by atoms with E-state index in [9.17, 15) is 4.79 Å². The third-order valence-electron chi connectivity index (χ3n) is 6.89. The highest BCUT2D eigenvalue weighted by Gasteiger charge is 2.30. The van der Waals surface area contributed by atoms with Crippen molar-refractivity contribution in [2.24, 2.45) is 4.99 Å². The number of allylic oxidation sites excluding steroid dienone is 1. The standard InChI is InChI=1S/C32H31Br2N3OS/c1-21(2)37(27-8-4-3-5-9-27)29(38)20-39-32-35-30(23-13-17-26(34)18-14-23)28-10-6-7-24(31(28)36-32)19-22-11-15-25(33)16-12-22/h3-5,8-9,11-19,21,30H,6-7,10,20H2,1-2H3,(H,35,36)/b24-19+. The molecule has 3 aromatic rings. The van der Waals surface area contributed by atoms with E-state index < -0.39 is 0 Å². The molecule has 0 bridgehead atoms. The summed E-state index contributed by atoms with van der Waals surface area (Å²) >= 11 is 8.59. The molecule has 1 aliphatic heterocycles. The van der Waals surface area contributed by atoms with Gasteiger partial charge >= 0.3 is 0 Å². The number of thioether (sulfide) groups is 1. The van der Waals surface area contributed by atoms with Gasteiger partial charge in [0.1, 0.15) is 6.04 Å². The molecule has 5 rings (SSSR count). The lowest BCUT2D eigenvalue weighted by atomic mass is 9.84. The monoisotopic (exact) mass is 663 g/mol. The molecule has 3 aromatic carbocycles. The predicted octanol–water partition coefficient (Wildman–Crippen LogP) is 8.91. The van der Waals surface area contributed by atoms with Gasteiger partial charge in [0.25, 0.3) is 0 Å². The molecule has 1 heterocycles. The van der Waals surface area contributed by atoms with Gasteiger partial charge in [0.2, 0.25) is 5.91 Å². The van der Waals surface area contributed by atoms with Crippen molar-refractivity contribution in [3.05, 3.63) is 116 Å². The molecule has 2 aliphatic rings. The molecule has 0 fully saturated rings. The lowest BCUT2D eigenvalue weighted by Gasteiger charge is -2.33. The summed E-state index contributed by atoms with van der Waals surface area (Å²) in [5, 5.41) is 4.43. The Morgan fingerprint density at radius 2 is 1.67 bits per heavy atom. The van der Waals surface area contributed by atoms with E-state index in [1.54, 1.807) is 0 Å². The Morgan fingerprint density at radius 3 is 2.33 bits per heavy atom. The topological polar surface area (TPSA) is 44.7 Å². The molecule has 1 amide bonds. The van der Waals surface area contributed by atoms with Crippen LogP contribution in [0.3, 0.4) is 0 Å². The highest BCUT2D eigenvalue weighted by Crippen LogP contribution is 2.42. The van der Waals surface area contributed by atoms with Gasteiger partial charge < -0.3 is 10.2 Å². The molecule has 0 saturated heterocycles. The summed E-state index contributed by atoms with van der Waals surface area (Å²) in [7, 11) is 0. The largest absolute Gasteiger partial charge is 0.335 e. The Morgan fingerprint density at radius 1 is 1.00 bits per heavy atom. The highest BCUT2D eigenvalue weighted by atomic mass is 79.9. The van der Waals surface area contributed by atoms with Crippen molar-refractivity contribution in [2.45, 2.75) is 45.2 Å². The lowest BCUT2D eigenvalue weighted by Crippen LogP contribution is -2.39. The van der Waals surface area contributed by atoms with Crippen molar-refractivity contribution in [1.29, 1.82) is 0 Å². The summed E-state index contributed by atoms with van der Waals surface area (Å²) in [5.41, 5.74) is 7.01. The van der Waals surface area contributed by atoms with E-state index in [-0.39, 0.29) is 18.0 Å². The van der Waals surface area contributed by atoms with Crippen molar-refractivity contribution in [3.8, 4) is 0 Å². The average molecular weight is 665 g/mol. The summed E-state index contributed by atoms with van der Waals surface area (Å²) < 4.78 is 2.12. The van der Waals surface area contributed by atoms with Crippen LogP contribution in [0.2, 0.25) is 0 Å². The van der Waals surface area contributed by atoms with Crippen LogP contribution in [0.4, 0.5) is 5.69 Å². The number of nitrogens with zero attached hydrogens (tertiary/aromatic N) is 2. The summed E-state index contributed by atoms with van der Waals surface area (Å²) in [6, 6.07) is 26.7. The van der Waals surface area contributed by atoms with E-state index in [4.69, 9.17) is 4.99 Å². The predicted molar refractivity (Wildman–Crippen MR) is 172 cm³/mol. The van der Waals surface area contributed by atoms with Crippen LogP contribution >= 0.6 is 43.6 Å². The first-order valence-electron chi connectivity index (χ1n) is 13.2. The fourth-order valence-corrected chi connectivity index (χ4v) is 6.39. The number of para-hydroxylation sites is 1. The van der Waals surface area contributed by atoms with Crippen LogP contribution in [-0.2, 0) is 4.79 Å². The SMILES string of the molecule is CC(C)N(C(=O)CSC1=NC(c2ccc(Br)cc2)C2=C(N1)/C(=C/c1ccc(Br)cc1)CCC2)c1ccccc1. The Balaban J connectivity index is 1.44. The number of benzene rings is 3. The zero-order valence-electron chi connectivity index (χ0n) is 22.0. The molecule has 1 atom stereocenters. The maximum absolute atomic E-state index is 13.4. The lowest BCUT2D eigenvalue weighted by molar-refractivity contribution is -0.116. The van der Waals surface area contributed by atoms with Crippen molar-refractivity contribution in [2.75, 3.05) is 10.7 Å². The summed E-state index contributed by atoms with van der Waals surface area (Å²) in [4.78, 5) is 20.4. The number of carbonyl (C=O) groups excluding carboxylic acids is 1. The molecule has 1 N–H and O–H groups in total. The van der Waals surface area contributed by atoms with Gasteiger partial charge in [0.05, 0.1) is 5.75 Å². The van der Waals surface area contributed by atoms with Gasteiger partial charge in [0, 0.05) is 26.4 Å². The minimum Gasteiger partial charge on any atom is -0.335 e. The number of nitrogens with one attached hydrogen (secondary N) is 1. The second-order valence-corrected chi connectivity index (χ2v) is 12.8. The number of halogens is 2. The maximum atomic E-state index is 13.4. The fraction of sp³-hybridized carbons (Fsp3) is 0.250. The minimum atomic E-state index is -0.0732. The summed E-state index contributed by atoms with van der Waals surface area (Å²) in [6.07, 6.45) is 5.37. The number of amides is 1. The van der Waals surface area contributed by atoms with Gasteiger partial charge in [-0.05, 0) is 97.9 Å². The number of aliphatic imine (C=N–C) groups is 1. The number of hydrogen-bond donors (Lipinski definition) is 1. The molecule has 1 aliphatic carbocycles. The van der Waals surface area contributed by atoms with E-state index in [0.29, 0.717) is 5.75 Å². The Labute approximate surface area is 251 Å². The van der Waals surface area contributed by atoms with Gasteiger partial charge in [-0.3, -0.25) is 4.79 Å². The number of rotatable bonds is 6. The number of amidine groups is 1. The van der Waals surface area contributed by atoms with Crippen molar-refractivity contribution in [1.82, 2.24) is 5.32 Å². The second kappa shape index (κ2) is 12.7. The second-order valence-electron chi connectivity index (χ2n) is 9.97. The number of hydrogen-bond acceptors (Lipinski definition) is 4. The van der Waals surface area contributed by atoms with Gasteiger partial charge in [-0.2, -0.15) is 0 Å². The van der Waals surface area contributed by atoms with E-state index in [1.807, 2.05) is 49.1 Å². The normalized spacial score (nSPS) is 18.0. The van der Waals surface area contributed by atoms with Crippen LogP contribution in [0.15, 0.2) is 110 Å². The van der Waals surface area contributed by atoms with Crippen LogP contribution in [0.25, 0.3) is 6.08 Å². The van der Waals surface area contributed by atoms with Gasteiger partial charge in [0.15, 0.2) is 5.17 Å². The number of anilines is 1. The first kappa shape index (κ1) is 27.9. The smallest absolute Gasteiger partial charge is 0.237 e. The zero-order valence-corrected chi connectivity index (χ0v) is 26.0. The summed E-state index contributed by atoms with van der Waals surface area (Å²) in [5.74, 6) is 0.375. The zero-order chi connectivity index (χ0) is 27.4. The van der Waals surface area contributed by atoms with E-state index >= 15 is 0 Å². The first-order valence-corrected chi connectivity index (χ1v) is 15.8. The molecule has 0 aromatic heterocycles. The molecule has 0 radical (unpaired) electrons. The Hall–Kier alpha value is -2.61. The third-order valence-corrected chi connectivity index (χ3v) is 8.82. The van der Waals surface area contributed by atoms with Crippen molar-refractivity contribution in [3.63, 3.8) is 0 Å².